The molecule has 0 heterocycles. The molecule has 0 aromatic heterocycles. The molecule has 1 aromatic rings. The van der Waals surface area contributed by atoms with Gasteiger partial charge in [-0.15, -0.1) is 0 Å². The van der Waals surface area contributed by atoms with Crippen molar-refractivity contribution >= 4 is 47.8 Å². The molecule has 0 bridgehead atoms. The van der Waals surface area contributed by atoms with Gasteiger partial charge in [-0.3, -0.25) is 0 Å². The molecule has 1 rings (SSSR count). The average Bonchev–Trinajstić information content (AvgIpc) is 2.11. The lowest BCUT2D eigenvalue weighted by Gasteiger charge is -2.13. The Morgan fingerprint density at radius 2 is 2.08 bits per heavy atom. The number of ether oxygens (including phenoxy) is 1. The van der Waals surface area contributed by atoms with Crippen LogP contribution in [0.25, 0.3) is 0 Å². The molecule has 4 heteroatoms. The summed E-state index contributed by atoms with van der Waals surface area (Å²) in [7, 11) is 0. The molecule has 0 N–H and O–H groups in total. The maximum absolute atomic E-state index is 5.65. The predicted molar refractivity (Wildman–Crippen MR) is 65.7 cm³/mol. The fourth-order valence-electron chi connectivity index (χ4n) is 0.816. The Morgan fingerprint density at radius 3 is 2.69 bits per heavy atom. The van der Waals surface area contributed by atoms with E-state index in [1.54, 1.807) is 0 Å². The minimum atomic E-state index is 0.172. The molecule has 1 aromatic carbocycles. The normalized spacial score (nSPS) is 12.6. The van der Waals surface area contributed by atoms with E-state index in [0.29, 0.717) is 0 Å². The number of hydrogen-bond acceptors (Lipinski definition) is 1. The Kier molecular flexibility index (Phi) is 4.76. The van der Waals surface area contributed by atoms with E-state index in [-0.39, 0.29) is 6.10 Å². The lowest BCUT2D eigenvalue weighted by Crippen LogP contribution is -2.13. The lowest BCUT2D eigenvalue weighted by molar-refractivity contribution is 0.246. The highest BCUT2D eigenvalue weighted by Crippen LogP contribution is 2.29. The van der Waals surface area contributed by atoms with Gasteiger partial charge in [0.05, 0.1) is 4.47 Å². The van der Waals surface area contributed by atoms with E-state index in [1.807, 2.05) is 25.1 Å². The lowest BCUT2D eigenvalue weighted by atomic mass is 10.3. The number of alkyl halides is 1. The van der Waals surface area contributed by atoms with E-state index in [4.69, 9.17) is 4.74 Å². The smallest absolute Gasteiger partial charge is 0.135 e. The minimum absolute atomic E-state index is 0.172. The molecule has 0 aliphatic carbocycles. The maximum Gasteiger partial charge on any atom is 0.135 e. The van der Waals surface area contributed by atoms with E-state index >= 15 is 0 Å². The molecule has 0 amide bonds. The molecule has 1 nitrogen and oxygen atoms in total. The summed E-state index contributed by atoms with van der Waals surface area (Å²) >= 11 is 10.2. The van der Waals surface area contributed by atoms with Gasteiger partial charge in [0.1, 0.15) is 11.9 Å². The minimum Gasteiger partial charge on any atom is -0.489 e. The largest absolute Gasteiger partial charge is 0.489 e. The molecular weight excluding hydrogens is 364 g/mol. The second kappa shape index (κ2) is 5.37. The van der Waals surface area contributed by atoms with Gasteiger partial charge in [-0.05, 0) is 41.1 Å². The van der Waals surface area contributed by atoms with Crippen molar-refractivity contribution in [2.24, 2.45) is 0 Å². The molecular formula is C9H9Br3O. The van der Waals surface area contributed by atoms with Crippen LogP contribution in [0.2, 0.25) is 0 Å². The van der Waals surface area contributed by atoms with Gasteiger partial charge in [0.2, 0.25) is 0 Å². The van der Waals surface area contributed by atoms with Crippen molar-refractivity contribution in [2.45, 2.75) is 13.0 Å². The standard InChI is InChI=1S/C9H9Br3O/c1-6(5-10)13-9-4-7(11)2-3-8(9)12/h2-4,6H,5H2,1H3/t6-/m1/s1. The molecule has 0 aliphatic heterocycles. The predicted octanol–water partition coefficient (Wildman–Crippen LogP) is 4.37. The molecule has 0 fully saturated rings. The Bertz CT molecular complexity index is 288. The van der Waals surface area contributed by atoms with Crippen LogP contribution in [0, 0.1) is 0 Å². The first-order valence-corrected chi connectivity index (χ1v) is 6.52. The molecule has 0 unspecified atom stereocenters. The summed E-state index contributed by atoms with van der Waals surface area (Å²) in [6.07, 6.45) is 0.172. The maximum atomic E-state index is 5.65. The van der Waals surface area contributed by atoms with E-state index in [0.717, 1.165) is 20.0 Å². The van der Waals surface area contributed by atoms with E-state index in [1.165, 1.54) is 0 Å². The summed E-state index contributed by atoms with van der Waals surface area (Å²) in [6, 6.07) is 5.87. The molecule has 1 atom stereocenters. The zero-order valence-electron chi connectivity index (χ0n) is 7.06. The summed E-state index contributed by atoms with van der Waals surface area (Å²) in [5.41, 5.74) is 0. The highest BCUT2D eigenvalue weighted by atomic mass is 79.9. The van der Waals surface area contributed by atoms with Crippen LogP contribution in [0.15, 0.2) is 27.1 Å². The molecule has 0 spiro atoms. The van der Waals surface area contributed by atoms with Gasteiger partial charge in [0.15, 0.2) is 0 Å². The molecule has 0 radical (unpaired) electrons. The summed E-state index contributed by atoms with van der Waals surface area (Å²) in [6.45, 7) is 2.02. The first kappa shape index (κ1) is 11.5. The fourth-order valence-corrected chi connectivity index (χ4v) is 1.63. The second-order valence-electron chi connectivity index (χ2n) is 2.66. The van der Waals surface area contributed by atoms with Crippen LogP contribution in [0.5, 0.6) is 5.75 Å². The SMILES string of the molecule is C[C@H](CBr)Oc1cc(Br)ccc1Br. The molecule has 0 saturated heterocycles. The van der Waals surface area contributed by atoms with Crippen molar-refractivity contribution in [1.29, 1.82) is 0 Å². The first-order valence-electron chi connectivity index (χ1n) is 3.81. The number of hydrogen-bond donors (Lipinski definition) is 0. The molecule has 72 valence electrons. The Hall–Kier alpha value is 0.460. The molecule has 0 saturated carbocycles. The average molecular weight is 373 g/mol. The zero-order valence-corrected chi connectivity index (χ0v) is 11.8. The van der Waals surface area contributed by atoms with Gasteiger partial charge in [0, 0.05) is 9.80 Å². The third kappa shape index (κ3) is 3.60. The Morgan fingerprint density at radius 1 is 1.38 bits per heavy atom. The highest BCUT2D eigenvalue weighted by Gasteiger charge is 2.05. The van der Waals surface area contributed by atoms with Gasteiger partial charge in [0.25, 0.3) is 0 Å². The van der Waals surface area contributed by atoms with E-state index in [2.05, 4.69) is 47.8 Å². The van der Waals surface area contributed by atoms with Crippen molar-refractivity contribution in [1.82, 2.24) is 0 Å². The van der Waals surface area contributed by atoms with Crippen LogP contribution in [0.1, 0.15) is 6.92 Å². The quantitative estimate of drug-likeness (QED) is 0.716. The Labute approximate surface area is 103 Å². The van der Waals surface area contributed by atoms with Gasteiger partial charge in [-0.2, -0.15) is 0 Å². The van der Waals surface area contributed by atoms with Crippen LogP contribution < -0.4 is 4.74 Å². The van der Waals surface area contributed by atoms with Crippen molar-refractivity contribution in [3.63, 3.8) is 0 Å². The van der Waals surface area contributed by atoms with Crippen LogP contribution in [-0.4, -0.2) is 11.4 Å². The second-order valence-corrected chi connectivity index (χ2v) is 5.08. The van der Waals surface area contributed by atoms with Crippen molar-refractivity contribution in [3.8, 4) is 5.75 Å². The molecule has 0 aliphatic rings. The Balaban J connectivity index is 2.81. The fraction of sp³-hybridized carbons (Fsp3) is 0.333. The van der Waals surface area contributed by atoms with Crippen molar-refractivity contribution < 1.29 is 4.74 Å². The zero-order chi connectivity index (χ0) is 9.84. The summed E-state index contributed by atoms with van der Waals surface area (Å²) in [4.78, 5) is 0. The summed E-state index contributed by atoms with van der Waals surface area (Å²) in [5, 5.41) is 0.825. The van der Waals surface area contributed by atoms with Crippen molar-refractivity contribution in [3.05, 3.63) is 27.1 Å². The number of benzene rings is 1. The summed E-state index contributed by atoms with van der Waals surface area (Å²) in [5.74, 6) is 0.862. The molecule has 13 heavy (non-hydrogen) atoms. The highest BCUT2D eigenvalue weighted by molar-refractivity contribution is 9.11. The van der Waals surface area contributed by atoms with Crippen LogP contribution >= 0.6 is 47.8 Å². The third-order valence-electron chi connectivity index (χ3n) is 1.44. The van der Waals surface area contributed by atoms with E-state index in [9.17, 15) is 0 Å². The number of halogens is 3. The monoisotopic (exact) mass is 370 g/mol. The van der Waals surface area contributed by atoms with Crippen LogP contribution in [0.3, 0.4) is 0 Å². The topological polar surface area (TPSA) is 9.23 Å². The first-order chi connectivity index (χ1) is 6.13. The summed E-state index contributed by atoms with van der Waals surface area (Å²) < 4.78 is 7.65. The van der Waals surface area contributed by atoms with E-state index < -0.39 is 0 Å². The van der Waals surface area contributed by atoms with Gasteiger partial charge in [-0.25, -0.2) is 0 Å². The number of rotatable bonds is 3. The van der Waals surface area contributed by atoms with Crippen LogP contribution in [-0.2, 0) is 0 Å². The third-order valence-corrected chi connectivity index (χ3v) is 3.50. The van der Waals surface area contributed by atoms with Gasteiger partial charge < -0.3 is 4.74 Å². The van der Waals surface area contributed by atoms with Crippen LogP contribution in [0.4, 0.5) is 0 Å². The van der Waals surface area contributed by atoms with Gasteiger partial charge >= 0.3 is 0 Å². The van der Waals surface area contributed by atoms with Crippen molar-refractivity contribution in [2.75, 3.05) is 5.33 Å². The van der Waals surface area contributed by atoms with Gasteiger partial charge in [-0.1, -0.05) is 31.9 Å².